The van der Waals surface area contributed by atoms with E-state index in [0.29, 0.717) is 5.95 Å². The quantitative estimate of drug-likeness (QED) is 0.185. The van der Waals surface area contributed by atoms with Gasteiger partial charge in [-0.05, 0) is 80.8 Å². The van der Waals surface area contributed by atoms with E-state index in [9.17, 15) is 0 Å². The summed E-state index contributed by atoms with van der Waals surface area (Å²) in [5.74, 6) is 0.656. The number of fused-ring (bicyclic) bond motifs is 11. The van der Waals surface area contributed by atoms with Gasteiger partial charge in [-0.25, -0.2) is 9.97 Å². The summed E-state index contributed by atoms with van der Waals surface area (Å²) in [4.78, 5) is 10.8. The first-order valence-corrected chi connectivity index (χ1v) is 18.4. The van der Waals surface area contributed by atoms with Gasteiger partial charge in [-0.2, -0.15) is 0 Å². The minimum absolute atomic E-state index is 0.656. The van der Waals surface area contributed by atoms with Gasteiger partial charge in [0, 0.05) is 38.2 Å². The largest absolute Gasteiger partial charge is 0.309 e. The molecule has 0 aliphatic carbocycles. The van der Waals surface area contributed by atoms with Crippen molar-refractivity contribution in [3.8, 4) is 22.9 Å². The van der Waals surface area contributed by atoms with Crippen molar-refractivity contribution < 1.29 is 0 Å². The van der Waals surface area contributed by atoms with Crippen molar-refractivity contribution in [2.24, 2.45) is 0 Å². The number of aromatic nitrogens is 4. The van der Waals surface area contributed by atoms with E-state index in [0.717, 1.165) is 44.3 Å². The smallest absolute Gasteiger partial charge is 0.235 e. The highest BCUT2D eigenvalue weighted by molar-refractivity contribution is 6.22. The van der Waals surface area contributed by atoms with Gasteiger partial charge in [-0.3, -0.25) is 4.57 Å². The topological polar surface area (TPSA) is 35.6 Å². The van der Waals surface area contributed by atoms with Crippen LogP contribution in [0.4, 0.5) is 0 Å². The summed E-state index contributed by atoms with van der Waals surface area (Å²) in [7, 11) is 0. The molecule has 0 fully saturated rings. The minimum atomic E-state index is 0.656. The van der Waals surface area contributed by atoms with Crippen LogP contribution in [0.2, 0.25) is 0 Å². The zero-order valence-corrected chi connectivity index (χ0v) is 29.1. The van der Waals surface area contributed by atoms with Gasteiger partial charge in [0.2, 0.25) is 5.95 Å². The van der Waals surface area contributed by atoms with E-state index in [1.807, 2.05) is 0 Å². The number of nitrogens with zero attached hydrogens (tertiary/aromatic N) is 4. The molecule has 0 N–H and O–H groups in total. The molecule has 0 saturated heterocycles. The van der Waals surface area contributed by atoms with E-state index in [-0.39, 0.29) is 0 Å². The summed E-state index contributed by atoms with van der Waals surface area (Å²) in [6, 6.07) is 65.5. The Bertz CT molecular complexity index is 3510. The van der Waals surface area contributed by atoms with Gasteiger partial charge in [0.25, 0.3) is 0 Å². The van der Waals surface area contributed by atoms with Crippen LogP contribution in [0.15, 0.2) is 182 Å². The third kappa shape index (κ3) is 4.13. The van der Waals surface area contributed by atoms with Gasteiger partial charge in [-0.15, -0.1) is 0 Å². The summed E-state index contributed by atoms with van der Waals surface area (Å²) < 4.78 is 4.69. The molecule has 0 aliphatic heterocycles. The highest BCUT2D eigenvalue weighted by Gasteiger charge is 2.21. The molecule has 0 radical (unpaired) electrons. The SMILES string of the molecule is c1ccc2cc3c(cc2c1)c1cc(-n2c4ccccc4c4c5ccccc5ccc42)ccc1n3-c1nc(-c2cccc3ccccc23)c2ccccc2n1. The van der Waals surface area contributed by atoms with Gasteiger partial charge in [0.1, 0.15) is 0 Å². The Morgan fingerprint density at radius 1 is 0.333 bits per heavy atom. The predicted octanol–water partition coefficient (Wildman–Crippen LogP) is 13.0. The number of hydrogen-bond acceptors (Lipinski definition) is 2. The molecule has 4 heteroatoms. The highest BCUT2D eigenvalue weighted by Crippen LogP contribution is 2.41. The van der Waals surface area contributed by atoms with Crippen molar-refractivity contribution in [1.82, 2.24) is 19.1 Å². The van der Waals surface area contributed by atoms with Crippen molar-refractivity contribution in [3.63, 3.8) is 0 Å². The van der Waals surface area contributed by atoms with Crippen LogP contribution in [-0.2, 0) is 0 Å². The maximum Gasteiger partial charge on any atom is 0.235 e. The monoisotopic (exact) mass is 686 g/mol. The second-order valence-corrected chi connectivity index (χ2v) is 14.2. The molecule has 0 aliphatic rings. The van der Waals surface area contributed by atoms with Gasteiger partial charge in [0.15, 0.2) is 0 Å². The Balaban J connectivity index is 1.18. The van der Waals surface area contributed by atoms with Crippen LogP contribution in [0.5, 0.6) is 0 Å². The second kappa shape index (κ2) is 11.1. The van der Waals surface area contributed by atoms with E-state index in [1.165, 1.54) is 59.5 Å². The fraction of sp³-hybridized carbons (Fsp3) is 0. The number of benzene rings is 9. The van der Waals surface area contributed by atoms with E-state index >= 15 is 0 Å². The van der Waals surface area contributed by atoms with Crippen molar-refractivity contribution in [2.45, 2.75) is 0 Å². The molecule has 0 saturated carbocycles. The molecular formula is C50H30N4. The second-order valence-electron chi connectivity index (χ2n) is 14.2. The van der Waals surface area contributed by atoms with E-state index < -0.39 is 0 Å². The zero-order chi connectivity index (χ0) is 35.3. The fourth-order valence-electron chi connectivity index (χ4n) is 8.87. The van der Waals surface area contributed by atoms with Crippen LogP contribution < -0.4 is 0 Å². The molecule has 0 bridgehead atoms. The van der Waals surface area contributed by atoms with E-state index in [2.05, 4.69) is 191 Å². The molecule has 3 heterocycles. The van der Waals surface area contributed by atoms with Crippen molar-refractivity contribution in [1.29, 1.82) is 0 Å². The Kier molecular flexibility index (Phi) is 6.02. The lowest BCUT2D eigenvalue weighted by atomic mass is 9.99. The Morgan fingerprint density at radius 2 is 0.944 bits per heavy atom. The summed E-state index contributed by atoms with van der Waals surface area (Å²) in [5, 5.41) is 13.1. The summed E-state index contributed by atoms with van der Waals surface area (Å²) >= 11 is 0. The van der Waals surface area contributed by atoms with Crippen LogP contribution in [0, 0.1) is 0 Å². The number of rotatable bonds is 3. The molecule has 4 nitrogen and oxygen atoms in total. The Morgan fingerprint density at radius 3 is 1.80 bits per heavy atom. The molecular weight excluding hydrogens is 657 g/mol. The molecule has 3 aromatic heterocycles. The maximum absolute atomic E-state index is 5.47. The zero-order valence-electron chi connectivity index (χ0n) is 29.1. The fourth-order valence-corrected chi connectivity index (χ4v) is 8.87. The molecule has 12 aromatic rings. The third-order valence-corrected chi connectivity index (χ3v) is 11.3. The number of para-hydroxylation sites is 2. The van der Waals surface area contributed by atoms with Crippen molar-refractivity contribution in [2.75, 3.05) is 0 Å². The highest BCUT2D eigenvalue weighted by atomic mass is 15.2. The summed E-state index contributed by atoms with van der Waals surface area (Å²) in [6.07, 6.45) is 0. The van der Waals surface area contributed by atoms with E-state index in [1.54, 1.807) is 0 Å². The van der Waals surface area contributed by atoms with Crippen molar-refractivity contribution in [3.05, 3.63) is 182 Å². The standard InChI is InChI=1S/C50H30N4/c1-2-15-34-29-47-41(28-33(34)14-1)42-30-35(53-44-23-10-8-20-40(44)48-37-18-6-4-13-32(37)24-26-46(48)53)25-27-45(42)54(47)50-51-43-22-9-7-19-39(43)49(52-50)38-21-11-16-31-12-3-5-17-36(31)38/h1-30H. The molecule has 54 heavy (non-hydrogen) atoms. The number of hydrogen-bond donors (Lipinski definition) is 0. The van der Waals surface area contributed by atoms with Crippen LogP contribution in [-0.4, -0.2) is 19.1 Å². The molecule has 0 unspecified atom stereocenters. The molecule has 0 amide bonds. The molecule has 0 spiro atoms. The van der Waals surface area contributed by atoms with E-state index in [4.69, 9.17) is 9.97 Å². The molecule has 9 aromatic carbocycles. The Hall–Kier alpha value is -7.30. The predicted molar refractivity (Wildman–Crippen MR) is 226 cm³/mol. The lowest BCUT2D eigenvalue weighted by molar-refractivity contribution is 1.01. The summed E-state index contributed by atoms with van der Waals surface area (Å²) in [6.45, 7) is 0. The molecule has 250 valence electrons. The van der Waals surface area contributed by atoms with Crippen LogP contribution in [0.1, 0.15) is 0 Å². The third-order valence-electron chi connectivity index (χ3n) is 11.3. The van der Waals surface area contributed by atoms with Crippen molar-refractivity contribution >= 4 is 86.8 Å². The summed E-state index contributed by atoms with van der Waals surface area (Å²) in [5.41, 5.74) is 8.58. The van der Waals surface area contributed by atoms with Gasteiger partial charge < -0.3 is 4.57 Å². The minimum Gasteiger partial charge on any atom is -0.309 e. The normalized spacial score (nSPS) is 12.1. The van der Waals surface area contributed by atoms with Crippen LogP contribution in [0.25, 0.3) is 110 Å². The maximum atomic E-state index is 5.47. The van der Waals surface area contributed by atoms with Gasteiger partial charge >= 0.3 is 0 Å². The van der Waals surface area contributed by atoms with Gasteiger partial charge in [-0.1, -0.05) is 133 Å². The Labute approximate surface area is 309 Å². The van der Waals surface area contributed by atoms with Gasteiger partial charge in [0.05, 0.1) is 33.3 Å². The van der Waals surface area contributed by atoms with Crippen LogP contribution >= 0.6 is 0 Å². The average Bonchev–Trinajstić information content (AvgIpc) is 3.74. The molecule has 12 rings (SSSR count). The average molecular weight is 687 g/mol. The first-order valence-electron chi connectivity index (χ1n) is 18.4. The first kappa shape index (κ1) is 29.3. The molecule has 0 atom stereocenters. The lowest BCUT2D eigenvalue weighted by Gasteiger charge is -2.13. The lowest BCUT2D eigenvalue weighted by Crippen LogP contribution is -2.04. The first-order chi connectivity index (χ1) is 26.8. The van der Waals surface area contributed by atoms with Crippen LogP contribution in [0.3, 0.4) is 0 Å².